The van der Waals surface area contributed by atoms with E-state index in [-0.39, 0.29) is 12.0 Å². The van der Waals surface area contributed by atoms with Gasteiger partial charge in [-0.1, -0.05) is 0 Å². The van der Waals surface area contributed by atoms with E-state index >= 15 is 0 Å². The number of hydrogen-bond acceptors (Lipinski definition) is 2. The molecule has 0 saturated carbocycles. The molecule has 0 aliphatic carbocycles. The molecule has 3 nitrogen and oxygen atoms in total. The summed E-state index contributed by atoms with van der Waals surface area (Å²) in [7, 11) is 0. The summed E-state index contributed by atoms with van der Waals surface area (Å²) in [6.45, 7) is 0.403. The number of nitrogens with one attached hydrogen (secondary N) is 1. The molecule has 0 bridgehead atoms. The lowest BCUT2D eigenvalue weighted by molar-refractivity contribution is -0.143. The fourth-order valence-electron chi connectivity index (χ4n) is 2.18. The van der Waals surface area contributed by atoms with Crippen molar-refractivity contribution in [2.24, 2.45) is 5.92 Å². The standard InChI is InChI=1S/C12H12F3NO2/c13-8-5-10(15)9(14)4-7(8)11-3-6(12(17)18)1-2-16-11/h4-6,11,16H,1-3H2,(H,17,18). The lowest BCUT2D eigenvalue weighted by Gasteiger charge is -2.28. The fourth-order valence-corrected chi connectivity index (χ4v) is 2.18. The van der Waals surface area contributed by atoms with E-state index in [4.69, 9.17) is 5.11 Å². The molecular weight excluding hydrogens is 247 g/mol. The Kier molecular flexibility index (Phi) is 3.56. The zero-order valence-corrected chi connectivity index (χ0v) is 9.42. The Labute approximate surface area is 102 Å². The Morgan fingerprint density at radius 1 is 1.22 bits per heavy atom. The van der Waals surface area contributed by atoms with Crippen LogP contribution in [0.1, 0.15) is 24.4 Å². The number of carboxylic acids is 1. The third-order valence-electron chi connectivity index (χ3n) is 3.17. The summed E-state index contributed by atoms with van der Waals surface area (Å²) >= 11 is 0. The van der Waals surface area contributed by atoms with Crippen LogP contribution in [0.2, 0.25) is 0 Å². The van der Waals surface area contributed by atoms with E-state index in [2.05, 4.69) is 5.32 Å². The van der Waals surface area contributed by atoms with Crippen LogP contribution < -0.4 is 5.32 Å². The van der Waals surface area contributed by atoms with Crippen LogP contribution in [0, 0.1) is 23.4 Å². The van der Waals surface area contributed by atoms with Crippen molar-refractivity contribution in [1.82, 2.24) is 5.32 Å². The van der Waals surface area contributed by atoms with E-state index in [0.29, 0.717) is 19.0 Å². The number of aliphatic carboxylic acids is 1. The second-order valence-electron chi connectivity index (χ2n) is 4.35. The van der Waals surface area contributed by atoms with Gasteiger partial charge in [0.25, 0.3) is 0 Å². The summed E-state index contributed by atoms with van der Waals surface area (Å²) in [5.74, 6) is -4.79. The Morgan fingerprint density at radius 2 is 1.89 bits per heavy atom. The van der Waals surface area contributed by atoms with Crippen molar-refractivity contribution < 1.29 is 23.1 Å². The van der Waals surface area contributed by atoms with Gasteiger partial charge < -0.3 is 10.4 Å². The Hall–Kier alpha value is -1.56. The van der Waals surface area contributed by atoms with Crippen LogP contribution in [-0.4, -0.2) is 17.6 Å². The number of benzene rings is 1. The molecular formula is C12H12F3NO2. The molecule has 1 fully saturated rings. The largest absolute Gasteiger partial charge is 0.481 e. The lowest BCUT2D eigenvalue weighted by Crippen LogP contribution is -2.35. The minimum absolute atomic E-state index is 0.0279. The zero-order valence-electron chi connectivity index (χ0n) is 9.42. The third kappa shape index (κ3) is 2.48. The van der Waals surface area contributed by atoms with E-state index < -0.39 is 35.4 Å². The van der Waals surface area contributed by atoms with Gasteiger partial charge in [-0.25, -0.2) is 13.2 Å². The van der Waals surface area contributed by atoms with Crippen molar-refractivity contribution >= 4 is 5.97 Å². The molecule has 1 heterocycles. The molecule has 98 valence electrons. The van der Waals surface area contributed by atoms with Gasteiger partial charge in [0.05, 0.1) is 5.92 Å². The molecule has 1 aromatic carbocycles. The van der Waals surface area contributed by atoms with E-state index in [1.54, 1.807) is 0 Å². The molecule has 2 rings (SSSR count). The van der Waals surface area contributed by atoms with Gasteiger partial charge in [0.2, 0.25) is 0 Å². The summed E-state index contributed by atoms with van der Waals surface area (Å²) in [5, 5.41) is 11.8. The van der Waals surface area contributed by atoms with Crippen molar-refractivity contribution in [3.05, 3.63) is 35.1 Å². The van der Waals surface area contributed by atoms with E-state index in [9.17, 15) is 18.0 Å². The number of carbonyl (C=O) groups is 1. The van der Waals surface area contributed by atoms with Crippen LogP contribution in [-0.2, 0) is 4.79 Å². The smallest absolute Gasteiger partial charge is 0.306 e. The van der Waals surface area contributed by atoms with Crippen molar-refractivity contribution in [1.29, 1.82) is 0 Å². The van der Waals surface area contributed by atoms with Gasteiger partial charge in [0.15, 0.2) is 11.6 Å². The molecule has 2 atom stereocenters. The topological polar surface area (TPSA) is 49.3 Å². The highest BCUT2D eigenvalue weighted by atomic mass is 19.2. The molecule has 2 N–H and O–H groups in total. The van der Waals surface area contributed by atoms with Crippen LogP contribution in [0.4, 0.5) is 13.2 Å². The van der Waals surface area contributed by atoms with Crippen LogP contribution >= 0.6 is 0 Å². The summed E-state index contributed by atoms with van der Waals surface area (Å²) in [4.78, 5) is 10.9. The molecule has 1 aromatic rings. The Balaban J connectivity index is 2.26. The SMILES string of the molecule is O=C(O)C1CCNC(c2cc(F)c(F)cc2F)C1. The van der Waals surface area contributed by atoms with Crippen LogP contribution in [0.25, 0.3) is 0 Å². The molecule has 18 heavy (non-hydrogen) atoms. The first-order valence-electron chi connectivity index (χ1n) is 5.59. The molecule has 0 amide bonds. The first kappa shape index (κ1) is 12.9. The Morgan fingerprint density at radius 3 is 2.56 bits per heavy atom. The minimum atomic E-state index is -1.25. The zero-order chi connectivity index (χ0) is 13.3. The average Bonchev–Trinajstić information content (AvgIpc) is 2.34. The molecule has 0 aromatic heterocycles. The predicted molar refractivity (Wildman–Crippen MR) is 57.4 cm³/mol. The summed E-state index contributed by atoms with van der Waals surface area (Å²) < 4.78 is 39.4. The highest BCUT2D eigenvalue weighted by molar-refractivity contribution is 5.70. The number of halogens is 3. The summed E-state index contributed by atoms with van der Waals surface area (Å²) in [6.07, 6.45) is 0.606. The molecule has 1 aliphatic heterocycles. The molecule has 1 aliphatic rings. The van der Waals surface area contributed by atoms with Gasteiger partial charge in [0, 0.05) is 17.7 Å². The van der Waals surface area contributed by atoms with Gasteiger partial charge >= 0.3 is 5.97 Å². The maximum atomic E-state index is 13.5. The van der Waals surface area contributed by atoms with Gasteiger partial charge in [-0.2, -0.15) is 0 Å². The van der Waals surface area contributed by atoms with Gasteiger partial charge in [-0.05, 0) is 25.5 Å². The maximum Gasteiger partial charge on any atom is 0.306 e. The molecule has 0 radical (unpaired) electrons. The van der Waals surface area contributed by atoms with Crippen molar-refractivity contribution in [3.63, 3.8) is 0 Å². The quantitative estimate of drug-likeness (QED) is 0.801. The van der Waals surface area contributed by atoms with Crippen molar-refractivity contribution in [2.75, 3.05) is 6.54 Å². The number of carboxylic acid groups (broad SMARTS) is 1. The lowest BCUT2D eigenvalue weighted by atomic mass is 9.88. The summed E-state index contributed by atoms with van der Waals surface area (Å²) in [6, 6.07) is 0.665. The minimum Gasteiger partial charge on any atom is -0.481 e. The molecule has 6 heteroatoms. The van der Waals surface area contributed by atoms with E-state index in [1.807, 2.05) is 0 Å². The van der Waals surface area contributed by atoms with Crippen molar-refractivity contribution in [3.8, 4) is 0 Å². The average molecular weight is 259 g/mol. The van der Waals surface area contributed by atoms with Crippen LogP contribution in [0.3, 0.4) is 0 Å². The normalized spacial score (nSPS) is 23.9. The second-order valence-corrected chi connectivity index (χ2v) is 4.35. The summed E-state index contributed by atoms with van der Waals surface area (Å²) in [5.41, 5.74) is -0.0279. The third-order valence-corrected chi connectivity index (χ3v) is 3.17. The van der Waals surface area contributed by atoms with Crippen LogP contribution in [0.15, 0.2) is 12.1 Å². The number of hydrogen-bond donors (Lipinski definition) is 2. The monoisotopic (exact) mass is 259 g/mol. The molecule has 1 saturated heterocycles. The highest BCUT2D eigenvalue weighted by Gasteiger charge is 2.29. The van der Waals surface area contributed by atoms with Gasteiger partial charge in [0.1, 0.15) is 5.82 Å². The fraction of sp³-hybridized carbons (Fsp3) is 0.417. The van der Waals surface area contributed by atoms with E-state index in [1.165, 1.54) is 0 Å². The van der Waals surface area contributed by atoms with Crippen molar-refractivity contribution in [2.45, 2.75) is 18.9 Å². The van der Waals surface area contributed by atoms with Crippen LogP contribution in [0.5, 0.6) is 0 Å². The van der Waals surface area contributed by atoms with Gasteiger partial charge in [-0.15, -0.1) is 0 Å². The first-order chi connectivity index (χ1) is 8.49. The molecule has 2 unspecified atom stereocenters. The van der Waals surface area contributed by atoms with Gasteiger partial charge in [-0.3, -0.25) is 4.79 Å². The molecule has 0 spiro atoms. The maximum absolute atomic E-state index is 13.5. The second kappa shape index (κ2) is 4.97. The van der Waals surface area contributed by atoms with E-state index in [0.717, 1.165) is 6.07 Å². The predicted octanol–water partition coefficient (Wildman–Crippen LogP) is 2.23. The number of piperidine rings is 1. The highest BCUT2D eigenvalue weighted by Crippen LogP contribution is 2.30. The Bertz CT molecular complexity index is 479. The first-order valence-corrected chi connectivity index (χ1v) is 5.59. The number of rotatable bonds is 2.